The molecule has 0 saturated carbocycles. The van der Waals surface area contributed by atoms with Crippen LogP contribution < -0.4 is 0 Å². The van der Waals surface area contributed by atoms with E-state index < -0.39 is 5.97 Å². The minimum atomic E-state index is -0.406. The van der Waals surface area contributed by atoms with Gasteiger partial charge in [0, 0.05) is 25.0 Å². The molecule has 5 heteroatoms. The Balaban J connectivity index is 2.52. The highest BCUT2D eigenvalue weighted by Crippen LogP contribution is 2.08. The average molecular weight is 193 g/mol. The van der Waals surface area contributed by atoms with E-state index in [0.29, 0.717) is 5.69 Å². The van der Waals surface area contributed by atoms with Crippen molar-refractivity contribution >= 4 is 11.6 Å². The van der Waals surface area contributed by atoms with E-state index in [1.807, 2.05) is 23.9 Å². The van der Waals surface area contributed by atoms with Crippen molar-refractivity contribution < 1.29 is 9.53 Å². The monoisotopic (exact) mass is 193 g/mol. The number of esters is 1. The molecule has 14 heavy (non-hydrogen) atoms. The van der Waals surface area contributed by atoms with E-state index in [0.717, 1.165) is 12.2 Å². The van der Waals surface area contributed by atoms with Crippen LogP contribution in [-0.2, 0) is 11.3 Å². The normalized spacial score (nSPS) is 10.7. The highest BCUT2D eigenvalue weighted by atomic mass is 16.5. The van der Waals surface area contributed by atoms with Gasteiger partial charge in [-0.3, -0.25) is 0 Å². The molecule has 0 fully saturated rings. The van der Waals surface area contributed by atoms with Gasteiger partial charge in [-0.05, 0) is 6.92 Å². The summed E-state index contributed by atoms with van der Waals surface area (Å²) in [5.41, 5.74) is 1.23. The summed E-state index contributed by atoms with van der Waals surface area (Å²) in [6, 6.07) is 1.72. The van der Waals surface area contributed by atoms with Crippen LogP contribution in [0.15, 0.2) is 18.5 Å². The second-order valence-corrected chi connectivity index (χ2v) is 2.91. The van der Waals surface area contributed by atoms with E-state index in [1.54, 1.807) is 10.6 Å². The third-order valence-electron chi connectivity index (χ3n) is 2.13. The van der Waals surface area contributed by atoms with Crippen LogP contribution in [0, 0.1) is 0 Å². The molecule has 0 aromatic carbocycles. The molecule has 0 aliphatic carbocycles. The lowest BCUT2D eigenvalue weighted by atomic mass is 10.4. The van der Waals surface area contributed by atoms with Crippen LogP contribution in [0.25, 0.3) is 5.65 Å². The number of imidazole rings is 1. The number of aryl methyl sites for hydroxylation is 1. The fourth-order valence-electron chi connectivity index (χ4n) is 1.40. The zero-order chi connectivity index (χ0) is 10.1. The van der Waals surface area contributed by atoms with Crippen molar-refractivity contribution in [3.8, 4) is 0 Å². The molecule has 0 N–H and O–H groups in total. The molecular formula is C9H11N3O2. The summed E-state index contributed by atoms with van der Waals surface area (Å²) < 4.78 is 8.25. The fraction of sp³-hybridized carbons (Fsp3) is 0.333. The Morgan fingerprint density at radius 2 is 2.36 bits per heavy atom. The van der Waals surface area contributed by atoms with Crippen LogP contribution in [0.3, 0.4) is 0 Å². The van der Waals surface area contributed by atoms with Crippen molar-refractivity contribution in [2.45, 2.75) is 13.5 Å². The maximum Gasteiger partial charge on any atom is 0.358 e. The first-order chi connectivity index (χ1) is 6.76. The lowest BCUT2D eigenvalue weighted by Gasteiger charge is -1.94. The molecule has 0 radical (unpaired) electrons. The number of rotatable bonds is 2. The number of ether oxygens (including phenoxy) is 1. The van der Waals surface area contributed by atoms with Crippen LogP contribution in [0.1, 0.15) is 17.4 Å². The molecule has 0 saturated heterocycles. The first kappa shape index (κ1) is 8.80. The van der Waals surface area contributed by atoms with Crippen LogP contribution in [-0.4, -0.2) is 27.3 Å². The van der Waals surface area contributed by atoms with Gasteiger partial charge in [-0.25, -0.2) is 9.31 Å². The van der Waals surface area contributed by atoms with Gasteiger partial charge in [0.15, 0.2) is 5.69 Å². The number of hydrogen-bond donors (Lipinski definition) is 0. The molecule has 0 aliphatic heterocycles. The number of carbonyl (C=O) groups excluding carboxylic acids is 1. The standard InChI is InChI=1S/C9H11N3O2/c1-3-11-4-5-12-8(11)6-7(10-12)9(13)14-2/h4-6H,3H2,1-2H3. The Bertz CT molecular complexity index is 469. The van der Waals surface area contributed by atoms with Gasteiger partial charge in [0.1, 0.15) is 5.65 Å². The lowest BCUT2D eigenvalue weighted by Crippen LogP contribution is -2.01. The van der Waals surface area contributed by atoms with E-state index in [9.17, 15) is 4.79 Å². The van der Waals surface area contributed by atoms with Crippen LogP contribution in [0.5, 0.6) is 0 Å². The van der Waals surface area contributed by atoms with Gasteiger partial charge in [-0.1, -0.05) is 0 Å². The highest BCUT2D eigenvalue weighted by molar-refractivity contribution is 5.88. The molecule has 0 aliphatic rings. The quantitative estimate of drug-likeness (QED) is 0.667. The Morgan fingerprint density at radius 1 is 1.57 bits per heavy atom. The summed E-state index contributed by atoms with van der Waals surface area (Å²) in [4.78, 5) is 11.2. The van der Waals surface area contributed by atoms with E-state index in [2.05, 4.69) is 9.84 Å². The summed E-state index contributed by atoms with van der Waals surface area (Å²) in [5.74, 6) is -0.406. The van der Waals surface area contributed by atoms with Crippen molar-refractivity contribution in [2.75, 3.05) is 7.11 Å². The molecule has 0 spiro atoms. The summed E-state index contributed by atoms with van der Waals surface area (Å²) >= 11 is 0. The second kappa shape index (κ2) is 3.17. The van der Waals surface area contributed by atoms with E-state index in [4.69, 9.17) is 0 Å². The van der Waals surface area contributed by atoms with Gasteiger partial charge >= 0.3 is 5.97 Å². The summed E-state index contributed by atoms with van der Waals surface area (Å²) in [5, 5.41) is 4.07. The Hall–Kier alpha value is -1.78. The smallest absolute Gasteiger partial charge is 0.358 e. The average Bonchev–Trinajstić information content (AvgIpc) is 2.74. The van der Waals surface area contributed by atoms with Crippen LogP contribution in [0.2, 0.25) is 0 Å². The maximum absolute atomic E-state index is 11.2. The highest BCUT2D eigenvalue weighted by Gasteiger charge is 2.12. The fourth-order valence-corrected chi connectivity index (χ4v) is 1.40. The Kier molecular flexibility index (Phi) is 1.99. The number of aromatic nitrogens is 3. The summed E-state index contributed by atoms with van der Waals surface area (Å²) in [7, 11) is 1.35. The second-order valence-electron chi connectivity index (χ2n) is 2.91. The van der Waals surface area contributed by atoms with E-state index in [-0.39, 0.29) is 0 Å². The molecule has 2 aromatic rings. The van der Waals surface area contributed by atoms with Crippen molar-refractivity contribution in [2.24, 2.45) is 0 Å². The number of carbonyl (C=O) groups is 1. The predicted molar refractivity (Wildman–Crippen MR) is 50.2 cm³/mol. The van der Waals surface area contributed by atoms with Crippen molar-refractivity contribution in [1.29, 1.82) is 0 Å². The van der Waals surface area contributed by atoms with Gasteiger partial charge in [0.2, 0.25) is 0 Å². The van der Waals surface area contributed by atoms with Gasteiger partial charge in [-0.2, -0.15) is 5.10 Å². The minimum absolute atomic E-state index is 0.338. The number of fused-ring (bicyclic) bond motifs is 1. The molecular weight excluding hydrogens is 182 g/mol. The summed E-state index contributed by atoms with van der Waals surface area (Å²) in [6.45, 7) is 2.88. The van der Waals surface area contributed by atoms with Crippen molar-refractivity contribution in [3.63, 3.8) is 0 Å². The maximum atomic E-state index is 11.2. The molecule has 0 bridgehead atoms. The third kappa shape index (κ3) is 1.17. The molecule has 5 nitrogen and oxygen atoms in total. The van der Waals surface area contributed by atoms with Gasteiger partial charge in [0.25, 0.3) is 0 Å². The van der Waals surface area contributed by atoms with Crippen LogP contribution >= 0.6 is 0 Å². The number of hydrogen-bond acceptors (Lipinski definition) is 3. The zero-order valence-electron chi connectivity index (χ0n) is 8.10. The molecule has 0 atom stereocenters. The SMILES string of the molecule is CCn1ccn2nc(C(=O)OC)cc12. The zero-order valence-corrected chi connectivity index (χ0v) is 8.10. The Morgan fingerprint density at radius 3 is 3.00 bits per heavy atom. The van der Waals surface area contributed by atoms with Crippen molar-refractivity contribution in [1.82, 2.24) is 14.2 Å². The number of nitrogens with zero attached hydrogens (tertiary/aromatic N) is 3. The summed E-state index contributed by atoms with van der Waals surface area (Å²) in [6.07, 6.45) is 3.73. The Labute approximate surface area is 80.9 Å². The predicted octanol–water partition coefficient (Wildman–Crippen LogP) is 0.942. The molecule has 2 rings (SSSR count). The number of methoxy groups -OCH3 is 1. The van der Waals surface area contributed by atoms with E-state index in [1.165, 1.54) is 7.11 Å². The van der Waals surface area contributed by atoms with Gasteiger partial charge in [-0.15, -0.1) is 0 Å². The van der Waals surface area contributed by atoms with Gasteiger partial charge < -0.3 is 9.30 Å². The minimum Gasteiger partial charge on any atom is -0.464 e. The van der Waals surface area contributed by atoms with E-state index >= 15 is 0 Å². The first-order valence-electron chi connectivity index (χ1n) is 4.39. The topological polar surface area (TPSA) is 48.5 Å². The van der Waals surface area contributed by atoms with Gasteiger partial charge in [0.05, 0.1) is 7.11 Å². The molecule has 74 valence electrons. The molecule has 2 heterocycles. The lowest BCUT2D eigenvalue weighted by molar-refractivity contribution is 0.0593. The van der Waals surface area contributed by atoms with Crippen LogP contribution in [0.4, 0.5) is 0 Å². The van der Waals surface area contributed by atoms with Crippen molar-refractivity contribution in [3.05, 3.63) is 24.2 Å². The molecule has 0 amide bonds. The first-order valence-corrected chi connectivity index (χ1v) is 4.39. The largest absolute Gasteiger partial charge is 0.464 e. The molecule has 0 unspecified atom stereocenters. The molecule has 2 aromatic heterocycles. The third-order valence-corrected chi connectivity index (χ3v) is 2.13.